The number of hydrogen-bond acceptors (Lipinski definition) is 10. The number of carboxylic acids is 1. The second-order valence-electron chi connectivity index (χ2n) is 20.0. The van der Waals surface area contributed by atoms with Gasteiger partial charge < -0.3 is 49.2 Å². The lowest BCUT2D eigenvalue weighted by Gasteiger charge is -2.50. The summed E-state index contributed by atoms with van der Waals surface area (Å²) in [7, 11) is 0. The average molecular weight is 801 g/mol. The van der Waals surface area contributed by atoms with Crippen molar-refractivity contribution in [3.8, 4) is 0 Å². The lowest BCUT2D eigenvalue weighted by molar-refractivity contribution is -0.313. The van der Waals surface area contributed by atoms with Crippen molar-refractivity contribution in [2.45, 2.75) is 209 Å². The topological polar surface area (TPSA) is 164 Å². The zero-order chi connectivity index (χ0) is 40.9. The molecule has 5 heterocycles. The number of ether oxygens (including phenoxy) is 5. The van der Waals surface area contributed by atoms with Crippen LogP contribution in [0.1, 0.15) is 137 Å². The molecule has 0 aromatic carbocycles. The zero-order valence-corrected chi connectivity index (χ0v) is 35.2. The first-order chi connectivity index (χ1) is 26.9. The molecule has 57 heavy (non-hydrogen) atoms. The van der Waals surface area contributed by atoms with Crippen LogP contribution in [0.2, 0.25) is 0 Å². The Bertz CT molecular complexity index is 1500. The van der Waals surface area contributed by atoms with Crippen LogP contribution in [0.25, 0.3) is 0 Å². The van der Waals surface area contributed by atoms with E-state index in [1.807, 2.05) is 6.08 Å². The summed E-state index contributed by atoms with van der Waals surface area (Å²) in [5, 5.41) is 54.4. The van der Waals surface area contributed by atoms with Gasteiger partial charge in [0, 0.05) is 19.3 Å². The summed E-state index contributed by atoms with van der Waals surface area (Å²) in [6.45, 7) is 15.0. The molecule has 0 aromatic rings. The molecule has 0 bridgehead atoms. The minimum atomic E-state index is -1.89. The van der Waals surface area contributed by atoms with Crippen molar-refractivity contribution in [1.29, 1.82) is 0 Å². The summed E-state index contributed by atoms with van der Waals surface area (Å²) in [4.78, 5) is 11.6. The van der Waals surface area contributed by atoms with E-state index in [1.165, 1.54) is 6.92 Å². The summed E-state index contributed by atoms with van der Waals surface area (Å²) in [6.07, 6.45) is 14.7. The van der Waals surface area contributed by atoms with Gasteiger partial charge in [0.1, 0.15) is 23.9 Å². The standard InChI is InChI=1S/C46H72O11/c1-27-21-33(25-45(23-27)37(48)12-11-34(55-45)26-43(6,52)42(50)51)28(2)9-10-32-14-17-44(24-32)18-15-36-41(56-44)38(49)31(5)40(54-36)35(47)22-30(4)39-29(3)13-19-46(57-39)16-7-8-20-53-46/h9-10,23,28-30,32-41,47-49,52H,5,7-8,11-22,24-26H2,1-4,6H3,(H,50,51)/t28-,29-,30+,32+,33+,34+,35+,36?,37+,38-,39?,40-,41-,43-,44-,45-,46+/m1/s1. The van der Waals surface area contributed by atoms with E-state index in [2.05, 4.69) is 46.4 Å². The van der Waals surface area contributed by atoms with Gasteiger partial charge in [-0.2, -0.15) is 0 Å². The van der Waals surface area contributed by atoms with Gasteiger partial charge in [0.15, 0.2) is 11.4 Å². The van der Waals surface area contributed by atoms with Crippen LogP contribution in [0.5, 0.6) is 0 Å². The minimum absolute atomic E-state index is 0.0189. The van der Waals surface area contributed by atoms with Crippen LogP contribution < -0.4 is 0 Å². The second kappa shape index (κ2) is 17.0. The third-order valence-electron chi connectivity index (χ3n) is 15.2. The molecule has 322 valence electrons. The molecule has 2 aliphatic carbocycles. The van der Waals surface area contributed by atoms with Crippen LogP contribution in [-0.2, 0) is 28.5 Å². The molecule has 0 radical (unpaired) electrons. The van der Waals surface area contributed by atoms with Gasteiger partial charge in [-0.3, -0.25) is 0 Å². The molecule has 6 fully saturated rings. The van der Waals surface area contributed by atoms with Crippen molar-refractivity contribution in [3.05, 3.63) is 36.0 Å². The fraction of sp³-hybridized carbons (Fsp3) is 0.848. The lowest BCUT2D eigenvalue weighted by Crippen LogP contribution is -2.59. The lowest BCUT2D eigenvalue weighted by atomic mass is 9.70. The first kappa shape index (κ1) is 43.4. The van der Waals surface area contributed by atoms with E-state index < -0.39 is 59.6 Å². The van der Waals surface area contributed by atoms with E-state index in [0.717, 1.165) is 82.8 Å². The van der Waals surface area contributed by atoms with Crippen LogP contribution in [0.4, 0.5) is 0 Å². The Kier molecular flexibility index (Phi) is 13.0. The Labute approximate surface area is 340 Å². The highest BCUT2D eigenvalue weighted by atomic mass is 16.7. The number of aliphatic hydroxyl groups excluding tert-OH is 3. The largest absolute Gasteiger partial charge is 0.479 e. The van der Waals surface area contributed by atoms with Crippen molar-refractivity contribution in [2.75, 3.05) is 6.61 Å². The molecule has 0 amide bonds. The first-order valence-corrected chi connectivity index (χ1v) is 22.3. The Morgan fingerprint density at radius 3 is 2.54 bits per heavy atom. The van der Waals surface area contributed by atoms with Crippen LogP contribution in [0.15, 0.2) is 36.0 Å². The number of aliphatic hydroxyl groups is 4. The fourth-order valence-corrected chi connectivity index (χ4v) is 11.8. The van der Waals surface area contributed by atoms with Gasteiger partial charge in [-0.05, 0) is 132 Å². The molecule has 5 N–H and O–H groups in total. The Hall–Kier alpha value is -1.67. The molecular formula is C46H72O11. The molecular weight excluding hydrogens is 728 g/mol. The smallest absolute Gasteiger partial charge is 0.335 e. The number of carboxylic acid groups (broad SMARTS) is 1. The van der Waals surface area contributed by atoms with Crippen LogP contribution in [0.3, 0.4) is 0 Å². The van der Waals surface area contributed by atoms with Gasteiger partial charge in [0.05, 0.1) is 42.7 Å². The van der Waals surface area contributed by atoms with Gasteiger partial charge in [-0.1, -0.05) is 51.2 Å². The molecule has 7 rings (SSSR count). The molecule has 7 aliphatic rings. The SMILES string of the molecule is C=C1[C@@H](O)[C@@H]2O[C@@]3(CCC2O[C@H]1[C@@H](O)C[C@H](C)C1O[C@@]2(CCCCO2)CC[C@H]1C)CC[C@H](C=C[C@@H](C)[C@H]1CC(C)=C[C@]2(C1)O[C@H](C[C@@](C)(O)C(=O)O)CC[C@@H]2O)C3. The number of rotatable bonds is 10. The highest BCUT2D eigenvalue weighted by Gasteiger charge is 2.54. The molecule has 11 nitrogen and oxygen atoms in total. The second-order valence-corrected chi connectivity index (χ2v) is 20.0. The van der Waals surface area contributed by atoms with E-state index in [9.17, 15) is 30.3 Å². The van der Waals surface area contributed by atoms with E-state index in [0.29, 0.717) is 43.1 Å². The molecule has 0 aromatic heterocycles. The number of carbonyl (C=O) groups is 1. The van der Waals surface area contributed by atoms with Crippen molar-refractivity contribution in [2.24, 2.45) is 29.6 Å². The Morgan fingerprint density at radius 2 is 1.81 bits per heavy atom. The third-order valence-corrected chi connectivity index (χ3v) is 15.2. The number of aliphatic carboxylic acids is 1. The van der Waals surface area contributed by atoms with Gasteiger partial charge in [-0.15, -0.1) is 0 Å². The number of fused-ring (bicyclic) bond motifs is 1. The van der Waals surface area contributed by atoms with Crippen molar-refractivity contribution in [3.63, 3.8) is 0 Å². The predicted molar refractivity (Wildman–Crippen MR) is 214 cm³/mol. The third kappa shape index (κ3) is 9.18. The van der Waals surface area contributed by atoms with Gasteiger partial charge in [0.2, 0.25) is 0 Å². The fourth-order valence-electron chi connectivity index (χ4n) is 11.8. The van der Waals surface area contributed by atoms with Crippen LogP contribution in [-0.4, -0.2) is 110 Å². The molecule has 1 saturated carbocycles. The van der Waals surface area contributed by atoms with E-state index in [1.54, 1.807) is 0 Å². The normalized spacial score (nSPS) is 45.4. The van der Waals surface area contributed by atoms with Crippen molar-refractivity contribution >= 4 is 5.97 Å². The average Bonchev–Trinajstić information content (AvgIpc) is 3.56. The van der Waals surface area contributed by atoms with E-state index in [4.69, 9.17) is 23.7 Å². The van der Waals surface area contributed by atoms with E-state index >= 15 is 0 Å². The maximum absolute atomic E-state index is 11.6. The Balaban J connectivity index is 0.920. The van der Waals surface area contributed by atoms with Crippen LogP contribution in [0, 0.1) is 29.6 Å². The summed E-state index contributed by atoms with van der Waals surface area (Å²) < 4.78 is 32.8. The minimum Gasteiger partial charge on any atom is -0.479 e. The van der Waals surface area contributed by atoms with Crippen molar-refractivity contribution in [1.82, 2.24) is 0 Å². The summed E-state index contributed by atoms with van der Waals surface area (Å²) >= 11 is 0. The van der Waals surface area contributed by atoms with Gasteiger partial charge in [0.25, 0.3) is 0 Å². The molecule has 5 saturated heterocycles. The highest BCUT2D eigenvalue weighted by molar-refractivity contribution is 5.76. The van der Waals surface area contributed by atoms with Gasteiger partial charge in [-0.25, -0.2) is 4.79 Å². The quantitative estimate of drug-likeness (QED) is 0.153. The molecule has 5 aliphatic heterocycles. The first-order valence-electron chi connectivity index (χ1n) is 22.3. The maximum atomic E-state index is 11.6. The maximum Gasteiger partial charge on any atom is 0.335 e. The molecule has 11 heteroatoms. The summed E-state index contributed by atoms with van der Waals surface area (Å²) in [5.41, 5.74) is -1.49. The number of allylic oxidation sites excluding steroid dienone is 3. The zero-order valence-electron chi connectivity index (χ0n) is 35.2. The monoisotopic (exact) mass is 801 g/mol. The van der Waals surface area contributed by atoms with Crippen LogP contribution >= 0.6 is 0 Å². The van der Waals surface area contributed by atoms with Gasteiger partial charge >= 0.3 is 5.97 Å². The van der Waals surface area contributed by atoms with E-state index in [-0.39, 0.29) is 42.0 Å². The molecule has 3 spiro atoms. The summed E-state index contributed by atoms with van der Waals surface area (Å²) in [6, 6.07) is 0. The Morgan fingerprint density at radius 1 is 1.04 bits per heavy atom. The predicted octanol–water partition coefficient (Wildman–Crippen LogP) is 6.54. The number of hydrogen-bond donors (Lipinski definition) is 5. The van der Waals surface area contributed by atoms with Crippen molar-refractivity contribution < 1.29 is 54.0 Å². The molecule has 2 unspecified atom stereocenters. The highest BCUT2D eigenvalue weighted by Crippen LogP contribution is 2.50. The summed E-state index contributed by atoms with van der Waals surface area (Å²) in [5.74, 6) is -0.535. The molecule has 17 atom stereocenters.